The Morgan fingerprint density at radius 2 is 2.00 bits per heavy atom. The molecule has 1 amide bonds. The van der Waals surface area contributed by atoms with E-state index in [4.69, 9.17) is 0 Å². The lowest BCUT2D eigenvalue weighted by molar-refractivity contribution is 0.0544. The van der Waals surface area contributed by atoms with Crippen molar-refractivity contribution in [2.24, 2.45) is 0 Å². The van der Waals surface area contributed by atoms with E-state index in [0.29, 0.717) is 5.56 Å². The summed E-state index contributed by atoms with van der Waals surface area (Å²) in [6, 6.07) is 5.42. The number of benzene rings is 1. The third kappa shape index (κ3) is 2.61. The molecule has 0 bridgehead atoms. The molecule has 4 nitrogen and oxygen atoms in total. The van der Waals surface area contributed by atoms with Crippen molar-refractivity contribution in [2.75, 3.05) is 13.1 Å². The molecule has 0 radical (unpaired) electrons. The first-order valence-electron chi connectivity index (χ1n) is 6.02. The molecule has 1 fully saturated rings. The quantitative estimate of drug-likeness (QED) is 0.752. The molecule has 1 aromatic carbocycles. The number of hydrogen-bond acceptors (Lipinski definition) is 3. The lowest BCUT2D eigenvalue weighted by atomic mass is 10.1. The molecule has 0 aliphatic carbocycles. The molecule has 5 heteroatoms. The van der Waals surface area contributed by atoms with Gasteiger partial charge in [-0.05, 0) is 54.6 Å². The Hall–Kier alpha value is -0.820. The molecule has 1 aromatic rings. The monoisotopic (exact) mass is 360 g/mol. The van der Waals surface area contributed by atoms with Crippen molar-refractivity contribution in [3.05, 3.63) is 27.3 Å². The van der Waals surface area contributed by atoms with Gasteiger partial charge >= 0.3 is 0 Å². The number of aromatic hydroxyl groups is 1. The van der Waals surface area contributed by atoms with Gasteiger partial charge in [0, 0.05) is 30.7 Å². The Balaban J connectivity index is 2.26. The smallest absolute Gasteiger partial charge is 0.254 e. The number of nitrogens with one attached hydrogen (secondary N) is 1. The Labute approximate surface area is 121 Å². The molecule has 1 saturated heterocycles. The van der Waals surface area contributed by atoms with Crippen molar-refractivity contribution in [1.29, 1.82) is 0 Å². The predicted octanol–water partition coefficient (Wildman–Crippen LogP) is 1.82. The van der Waals surface area contributed by atoms with Crippen LogP contribution >= 0.6 is 22.6 Å². The van der Waals surface area contributed by atoms with Crippen molar-refractivity contribution in [2.45, 2.75) is 25.9 Å². The Bertz CT molecular complexity index is 454. The summed E-state index contributed by atoms with van der Waals surface area (Å²) in [5.74, 6) is 0.153. The molecule has 0 aromatic heterocycles. The molecule has 0 spiro atoms. The summed E-state index contributed by atoms with van der Waals surface area (Å²) >= 11 is 2.04. The lowest BCUT2D eigenvalue weighted by Gasteiger charge is -2.39. The second-order valence-corrected chi connectivity index (χ2v) is 5.90. The van der Waals surface area contributed by atoms with Crippen LogP contribution in [0.4, 0.5) is 0 Å². The van der Waals surface area contributed by atoms with Crippen LogP contribution in [0.2, 0.25) is 0 Å². The van der Waals surface area contributed by atoms with Crippen LogP contribution in [0.15, 0.2) is 18.2 Å². The zero-order valence-corrected chi connectivity index (χ0v) is 12.6. The Morgan fingerprint density at radius 3 is 2.56 bits per heavy atom. The summed E-state index contributed by atoms with van der Waals surface area (Å²) in [6.45, 7) is 5.69. The van der Waals surface area contributed by atoms with E-state index < -0.39 is 0 Å². The molecule has 2 rings (SSSR count). The summed E-state index contributed by atoms with van der Waals surface area (Å²) in [6.07, 6.45) is 0. The number of phenols is 1. The molecule has 18 heavy (non-hydrogen) atoms. The van der Waals surface area contributed by atoms with E-state index in [2.05, 4.69) is 5.32 Å². The van der Waals surface area contributed by atoms with Gasteiger partial charge in [-0.25, -0.2) is 0 Å². The van der Waals surface area contributed by atoms with Crippen LogP contribution in [-0.4, -0.2) is 41.1 Å². The van der Waals surface area contributed by atoms with E-state index >= 15 is 0 Å². The van der Waals surface area contributed by atoms with Crippen molar-refractivity contribution in [1.82, 2.24) is 10.2 Å². The molecular weight excluding hydrogens is 343 g/mol. The van der Waals surface area contributed by atoms with Gasteiger partial charge in [-0.3, -0.25) is 4.79 Å². The minimum absolute atomic E-state index is 0.0109. The van der Waals surface area contributed by atoms with Gasteiger partial charge in [-0.15, -0.1) is 0 Å². The zero-order chi connectivity index (χ0) is 13.3. The number of amides is 1. The normalized spacial score (nSPS) is 24.1. The molecule has 0 saturated carbocycles. The first kappa shape index (κ1) is 13.6. The average molecular weight is 360 g/mol. The maximum absolute atomic E-state index is 12.5. The van der Waals surface area contributed by atoms with Crippen molar-refractivity contribution >= 4 is 28.5 Å². The maximum Gasteiger partial charge on any atom is 0.254 e. The molecule has 2 unspecified atom stereocenters. The van der Waals surface area contributed by atoms with E-state index in [1.165, 1.54) is 0 Å². The van der Waals surface area contributed by atoms with Crippen LogP contribution in [0.3, 0.4) is 0 Å². The Kier molecular flexibility index (Phi) is 4.11. The molecule has 2 N–H and O–H groups in total. The average Bonchev–Trinajstić information content (AvgIpc) is 2.32. The SMILES string of the molecule is CC1CNCC(C)N1C(=O)c1ccc(I)c(O)c1. The van der Waals surface area contributed by atoms with Gasteiger partial charge in [-0.1, -0.05) is 0 Å². The Morgan fingerprint density at radius 1 is 1.39 bits per heavy atom. The number of piperazine rings is 1. The van der Waals surface area contributed by atoms with E-state index in [9.17, 15) is 9.90 Å². The van der Waals surface area contributed by atoms with Crippen LogP contribution in [0, 0.1) is 3.57 Å². The van der Waals surface area contributed by atoms with E-state index in [1.54, 1.807) is 18.2 Å². The fourth-order valence-electron chi connectivity index (χ4n) is 2.33. The second kappa shape index (κ2) is 5.44. The zero-order valence-electron chi connectivity index (χ0n) is 10.5. The van der Waals surface area contributed by atoms with Crippen molar-refractivity contribution in [3.8, 4) is 5.75 Å². The number of halogens is 1. The topological polar surface area (TPSA) is 52.6 Å². The van der Waals surface area contributed by atoms with Crippen molar-refractivity contribution < 1.29 is 9.90 Å². The van der Waals surface area contributed by atoms with Gasteiger partial charge in [0.25, 0.3) is 5.91 Å². The van der Waals surface area contributed by atoms with Gasteiger partial charge in [-0.2, -0.15) is 0 Å². The fourth-order valence-corrected chi connectivity index (χ4v) is 2.66. The number of carbonyl (C=O) groups excluding carboxylic acids is 1. The summed E-state index contributed by atoms with van der Waals surface area (Å²) in [5, 5.41) is 13.0. The summed E-state index contributed by atoms with van der Waals surface area (Å²) in [4.78, 5) is 14.4. The highest BCUT2D eigenvalue weighted by Gasteiger charge is 2.29. The van der Waals surface area contributed by atoms with Crippen LogP contribution in [0.5, 0.6) is 5.75 Å². The highest BCUT2D eigenvalue weighted by atomic mass is 127. The van der Waals surface area contributed by atoms with Gasteiger partial charge in [0.2, 0.25) is 0 Å². The second-order valence-electron chi connectivity index (χ2n) is 4.73. The molecule has 1 aliphatic rings. The van der Waals surface area contributed by atoms with Gasteiger partial charge in [0.05, 0.1) is 3.57 Å². The largest absolute Gasteiger partial charge is 0.507 e. The van der Waals surface area contributed by atoms with Gasteiger partial charge in [0.15, 0.2) is 0 Å². The van der Waals surface area contributed by atoms with Gasteiger partial charge in [0.1, 0.15) is 5.75 Å². The van der Waals surface area contributed by atoms with E-state index in [1.807, 2.05) is 41.3 Å². The first-order valence-corrected chi connectivity index (χ1v) is 7.10. The molecule has 1 heterocycles. The molecular formula is C13H17IN2O2. The third-order valence-corrected chi connectivity index (χ3v) is 4.17. The number of nitrogens with zero attached hydrogens (tertiary/aromatic N) is 1. The van der Waals surface area contributed by atoms with Crippen LogP contribution in [-0.2, 0) is 0 Å². The van der Waals surface area contributed by atoms with Crippen molar-refractivity contribution in [3.63, 3.8) is 0 Å². The lowest BCUT2D eigenvalue weighted by Crippen LogP contribution is -2.57. The van der Waals surface area contributed by atoms with E-state index in [0.717, 1.165) is 16.7 Å². The predicted molar refractivity (Wildman–Crippen MR) is 78.8 cm³/mol. The summed E-state index contributed by atoms with van der Waals surface area (Å²) in [5.41, 5.74) is 0.550. The minimum Gasteiger partial charge on any atom is -0.507 e. The maximum atomic E-state index is 12.5. The molecule has 98 valence electrons. The highest BCUT2D eigenvalue weighted by molar-refractivity contribution is 14.1. The van der Waals surface area contributed by atoms with E-state index in [-0.39, 0.29) is 23.7 Å². The van der Waals surface area contributed by atoms with Gasteiger partial charge < -0.3 is 15.3 Å². The molecule has 2 atom stereocenters. The number of rotatable bonds is 1. The molecule has 1 aliphatic heterocycles. The standard InChI is InChI=1S/C13H17IN2O2/c1-8-6-15-7-9(2)16(8)13(18)10-3-4-11(14)12(17)5-10/h3-5,8-9,15,17H,6-7H2,1-2H3. The summed E-state index contributed by atoms with van der Waals surface area (Å²) < 4.78 is 0.755. The minimum atomic E-state index is -0.0109. The van der Waals surface area contributed by atoms with Crippen LogP contribution in [0.25, 0.3) is 0 Å². The highest BCUT2D eigenvalue weighted by Crippen LogP contribution is 2.23. The third-order valence-electron chi connectivity index (χ3n) is 3.26. The first-order chi connectivity index (χ1) is 8.50. The number of hydrogen-bond donors (Lipinski definition) is 2. The van der Waals surface area contributed by atoms with Crippen LogP contribution in [0.1, 0.15) is 24.2 Å². The fraction of sp³-hybridized carbons (Fsp3) is 0.462. The van der Waals surface area contributed by atoms with Crippen LogP contribution < -0.4 is 5.32 Å². The summed E-state index contributed by atoms with van der Waals surface area (Å²) in [7, 11) is 0. The number of phenolic OH excluding ortho intramolecular Hbond substituents is 1. The number of carbonyl (C=O) groups is 1.